The summed E-state index contributed by atoms with van der Waals surface area (Å²) in [5.41, 5.74) is 2.74. The van der Waals surface area contributed by atoms with Crippen LogP contribution in [0, 0.1) is 11.7 Å². The molecule has 6 nitrogen and oxygen atoms in total. The van der Waals surface area contributed by atoms with Gasteiger partial charge in [0.15, 0.2) is 0 Å². The molecule has 0 spiro atoms. The molecular weight excluding hydrogens is 457 g/mol. The Morgan fingerprint density at radius 3 is 2.58 bits per heavy atom. The van der Waals surface area contributed by atoms with E-state index in [-0.39, 0.29) is 6.54 Å². The number of carbonyl (C=O) groups excluding carboxylic acids is 2. The van der Waals surface area contributed by atoms with E-state index in [2.05, 4.69) is 36.7 Å². The molecule has 0 fully saturated rings. The highest BCUT2D eigenvalue weighted by Gasteiger charge is 2.12. The van der Waals surface area contributed by atoms with Crippen molar-refractivity contribution in [2.45, 2.75) is 33.7 Å². The zero-order valence-corrected chi connectivity index (χ0v) is 21.4. The van der Waals surface area contributed by atoms with Gasteiger partial charge in [-0.1, -0.05) is 45.4 Å². The molecule has 1 amide bonds. The third-order valence-corrected chi connectivity index (χ3v) is 5.97. The van der Waals surface area contributed by atoms with Crippen LogP contribution in [0.25, 0.3) is 27.8 Å². The number of ether oxygens (including phenoxy) is 1. The Labute approximate surface area is 211 Å². The van der Waals surface area contributed by atoms with Crippen LogP contribution in [0.4, 0.5) is 10.1 Å². The van der Waals surface area contributed by atoms with Crippen molar-refractivity contribution in [3.05, 3.63) is 77.7 Å². The average molecular weight is 490 g/mol. The normalized spacial score (nSPS) is 11.1. The fourth-order valence-electron chi connectivity index (χ4n) is 3.59. The molecule has 7 heteroatoms. The molecular formula is C29H32FN3O3. The maximum absolute atomic E-state index is 14.2. The van der Waals surface area contributed by atoms with Crippen LogP contribution in [0.15, 0.2) is 60.8 Å². The molecule has 0 saturated heterocycles. The van der Waals surface area contributed by atoms with Crippen molar-refractivity contribution in [1.82, 2.24) is 9.78 Å². The van der Waals surface area contributed by atoms with E-state index in [1.165, 1.54) is 42.7 Å². The number of halogens is 1. The third kappa shape index (κ3) is 6.56. The van der Waals surface area contributed by atoms with Crippen molar-refractivity contribution < 1.29 is 18.7 Å². The van der Waals surface area contributed by atoms with Crippen molar-refractivity contribution in [2.24, 2.45) is 13.0 Å². The Bertz CT molecular complexity index is 1390. The number of methoxy groups -OCH3 is 1. The van der Waals surface area contributed by atoms with Crippen LogP contribution in [0.3, 0.4) is 0 Å². The fourth-order valence-corrected chi connectivity index (χ4v) is 3.59. The second-order valence-corrected chi connectivity index (χ2v) is 8.95. The predicted octanol–water partition coefficient (Wildman–Crippen LogP) is 6.27. The molecule has 36 heavy (non-hydrogen) atoms. The summed E-state index contributed by atoms with van der Waals surface area (Å²) in [7, 11) is 3.14. The van der Waals surface area contributed by atoms with Gasteiger partial charge in [0, 0.05) is 24.2 Å². The van der Waals surface area contributed by atoms with Crippen LogP contribution in [0.5, 0.6) is 0 Å². The maximum Gasteiger partial charge on any atom is 0.330 e. The van der Waals surface area contributed by atoms with Gasteiger partial charge in [0.05, 0.1) is 25.4 Å². The Balaban J connectivity index is 0.000000658. The van der Waals surface area contributed by atoms with Crippen LogP contribution in [0.1, 0.15) is 38.3 Å². The van der Waals surface area contributed by atoms with Gasteiger partial charge < -0.3 is 9.64 Å². The molecule has 3 aromatic carbocycles. The van der Waals surface area contributed by atoms with Gasteiger partial charge in [0.2, 0.25) is 6.41 Å². The molecule has 0 saturated carbocycles. The fraction of sp³-hybridized carbons (Fsp3) is 0.276. The number of esters is 1. The van der Waals surface area contributed by atoms with E-state index >= 15 is 0 Å². The molecule has 0 aliphatic carbocycles. The lowest BCUT2D eigenvalue weighted by atomic mass is 10.0. The van der Waals surface area contributed by atoms with Crippen LogP contribution < -0.4 is 4.90 Å². The van der Waals surface area contributed by atoms with Crippen LogP contribution in [-0.2, 0) is 27.9 Å². The number of hydrogen-bond acceptors (Lipinski definition) is 4. The van der Waals surface area contributed by atoms with E-state index in [1.807, 2.05) is 37.5 Å². The topological polar surface area (TPSA) is 64.4 Å². The molecule has 0 N–H and O–H groups in total. The molecule has 0 radical (unpaired) electrons. The lowest BCUT2D eigenvalue weighted by Gasteiger charge is -2.19. The average Bonchev–Trinajstić information content (AvgIpc) is 3.24. The highest BCUT2D eigenvalue weighted by molar-refractivity contribution is 5.98. The number of aromatic nitrogens is 2. The summed E-state index contributed by atoms with van der Waals surface area (Å²) in [5, 5.41) is 7.36. The molecule has 0 aliphatic rings. The number of amides is 1. The monoisotopic (exact) mass is 489 g/mol. The molecule has 0 aliphatic heterocycles. The Hall–Kier alpha value is -4.00. The molecule has 4 rings (SSSR count). The predicted molar refractivity (Wildman–Crippen MR) is 143 cm³/mol. The van der Waals surface area contributed by atoms with Gasteiger partial charge in [-0.3, -0.25) is 9.48 Å². The number of carbonyl (C=O) groups is 2. The van der Waals surface area contributed by atoms with Crippen molar-refractivity contribution >= 4 is 45.8 Å². The lowest BCUT2D eigenvalue weighted by Crippen LogP contribution is -2.20. The Morgan fingerprint density at radius 1 is 1.17 bits per heavy atom. The maximum atomic E-state index is 14.2. The molecule has 0 bridgehead atoms. The quantitative estimate of drug-likeness (QED) is 0.174. The van der Waals surface area contributed by atoms with E-state index < -0.39 is 11.8 Å². The SMILES string of the molecule is CCC(C)C.COC(=O)/C=C/c1cc(F)cc(N(C=O)Cc2cccc3cc4cnn(C)c4cc23)c1. The van der Waals surface area contributed by atoms with Crippen LogP contribution in [-0.4, -0.2) is 29.3 Å². The minimum absolute atomic E-state index is 0.258. The first-order valence-electron chi connectivity index (χ1n) is 11.9. The number of hydrogen-bond donors (Lipinski definition) is 0. The molecule has 1 heterocycles. The van der Waals surface area contributed by atoms with Gasteiger partial charge in [-0.05, 0) is 64.2 Å². The number of nitrogens with zero attached hydrogens (tertiary/aromatic N) is 3. The summed E-state index contributed by atoms with van der Waals surface area (Å²) in [6.07, 6.45) is 6.44. The Morgan fingerprint density at radius 2 is 1.92 bits per heavy atom. The smallest absolute Gasteiger partial charge is 0.330 e. The van der Waals surface area contributed by atoms with Gasteiger partial charge in [-0.25, -0.2) is 9.18 Å². The zero-order chi connectivity index (χ0) is 26.2. The number of aryl methyl sites for hydroxylation is 1. The number of benzene rings is 3. The van der Waals surface area contributed by atoms with Gasteiger partial charge in [-0.15, -0.1) is 0 Å². The summed E-state index contributed by atoms with van der Waals surface area (Å²) >= 11 is 0. The summed E-state index contributed by atoms with van der Waals surface area (Å²) in [6, 6.07) is 14.2. The standard InChI is InChI=1S/C24H20FN3O3.C5H12/c1-27-23-12-22-17(10-19(23)13-26-27)4-3-5-18(22)14-28(15-29)21-9-16(8-20(25)11-21)6-7-24(30)31-2;1-4-5(2)3/h3-13,15H,14H2,1-2H3;5H,4H2,1-3H3/b7-6+;. The van der Waals surface area contributed by atoms with Crippen LogP contribution >= 0.6 is 0 Å². The summed E-state index contributed by atoms with van der Waals surface area (Å²) < 4.78 is 20.6. The summed E-state index contributed by atoms with van der Waals surface area (Å²) in [6.45, 7) is 6.90. The number of anilines is 1. The van der Waals surface area contributed by atoms with Gasteiger partial charge in [0.25, 0.3) is 0 Å². The Kier molecular flexibility index (Phi) is 8.95. The largest absolute Gasteiger partial charge is 0.466 e. The second kappa shape index (κ2) is 12.1. The van der Waals surface area contributed by atoms with E-state index in [0.717, 1.165) is 33.2 Å². The first-order chi connectivity index (χ1) is 17.2. The molecule has 0 unspecified atom stereocenters. The molecule has 188 valence electrons. The molecule has 0 atom stereocenters. The van der Waals surface area contributed by atoms with E-state index in [4.69, 9.17) is 0 Å². The minimum Gasteiger partial charge on any atom is -0.466 e. The van der Waals surface area contributed by atoms with E-state index in [1.54, 1.807) is 10.7 Å². The van der Waals surface area contributed by atoms with E-state index in [9.17, 15) is 14.0 Å². The van der Waals surface area contributed by atoms with Crippen molar-refractivity contribution in [3.8, 4) is 0 Å². The van der Waals surface area contributed by atoms with E-state index in [0.29, 0.717) is 17.7 Å². The third-order valence-electron chi connectivity index (χ3n) is 5.97. The molecule has 1 aromatic heterocycles. The highest BCUT2D eigenvalue weighted by atomic mass is 19.1. The van der Waals surface area contributed by atoms with Crippen LogP contribution in [0.2, 0.25) is 0 Å². The zero-order valence-electron chi connectivity index (χ0n) is 21.4. The first kappa shape index (κ1) is 26.6. The first-order valence-corrected chi connectivity index (χ1v) is 11.9. The van der Waals surface area contributed by atoms with Crippen molar-refractivity contribution in [2.75, 3.05) is 12.0 Å². The second-order valence-electron chi connectivity index (χ2n) is 8.95. The minimum atomic E-state index is -0.546. The van der Waals surface area contributed by atoms with Gasteiger partial charge in [-0.2, -0.15) is 5.10 Å². The van der Waals surface area contributed by atoms with Crippen molar-refractivity contribution in [3.63, 3.8) is 0 Å². The summed E-state index contributed by atoms with van der Waals surface area (Å²) in [5.74, 6) is -0.173. The molecule has 4 aromatic rings. The number of rotatable bonds is 7. The van der Waals surface area contributed by atoms with Gasteiger partial charge in [0.1, 0.15) is 5.82 Å². The lowest BCUT2D eigenvalue weighted by molar-refractivity contribution is -0.134. The number of fused-ring (bicyclic) bond motifs is 2. The summed E-state index contributed by atoms with van der Waals surface area (Å²) in [4.78, 5) is 24.7. The van der Waals surface area contributed by atoms with Crippen molar-refractivity contribution in [1.29, 1.82) is 0 Å². The van der Waals surface area contributed by atoms with Gasteiger partial charge >= 0.3 is 5.97 Å². The highest BCUT2D eigenvalue weighted by Crippen LogP contribution is 2.28.